The van der Waals surface area contributed by atoms with Crippen molar-refractivity contribution in [1.29, 1.82) is 5.26 Å². The molecule has 3 heterocycles. The summed E-state index contributed by atoms with van der Waals surface area (Å²) in [6.45, 7) is 4.08. The van der Waals surface area contributed by atoms with Crippen molar-refractivity contribution in [2.24, 2.45) is 0 Å². The van der Waals surface area contributed by atoms with Crippen LogP contribution in [-0.2, 0) is 0 Å². The zero-order valence-electron chi connectivity index (χ0n) is 14.2. The van der Waals surface area contributed by atoms with Crippen LogP contribution in [0.25, 0.3) is 11.0 Å². The number of benzene rings is 1. The molecule has 1 fully saturated rings. The number of rotatable bonds is 3. The van der Waals surface area contributed by atoms with E-state index in [1.807, 2.05) is 25.1 Å². The fraction of sp³-hybridized carbons (Fsp3) is 0.316. The first-order chi connectivity index (χ1) is 12.3. The second kappa shape index (κ2) is 6.54. The van der Waals surface area contributed by atoms with E-state index in [1.165, 1.54) is 0 Å². The number of anilines is 2. The Bertz CT molecular complexity index is 946. The summed E-state index contributed by atoms with van der Waals surface area (Å²) in [5.41, 5.74) is 3.60. The topological polar surface area (TPSA) is 78.6 Å². The Morgan fingerprint density at radius 2 is 2.08 bits per heavy atom. The normalized spacial score (nSPS) is 15.2. The first-order valence-corrected chi connectivity index (χ1v) is 8.56. The monoisotopic (exact) mass is 332 g/mol. The number of fused-ring (bicyclic) bond motifs is 1. The van der Waals surface area contributed by atoms with Gasteiger partial charge in [-0.05, 0) is 62.7 Å². The molecule has 0 saturated carbocycles. The summed E-state index contributed by atoms with van der Waals surface area (Å²) in [5.74, 6) is 0.797. The van der Waals surface area contributed by atoms with Gasteiger partial charge in [0, 0.05) is 17.9 Å². The van der Waals surface area contributed by atoms with Crippen LogP contribution >= 0.6 is 0 Å². The third-order valence-electron chi connectivity index (χ3n) is 4.82. The number of nitrogens with one attached hydrogen (secondary N) is 2. The van der Waals surface area contributed by atoms with Crippen LogP contribution in [0, 0.1) is 18.3 Å². The van der Waals surface area contributed by atoms with E-state index in [9.17, 15) is 0 Å². The van der Waals surface area contributed by atoms with Crippen LogP contribution in [0.2, 0.25) is 0 Å². The molecule has 0 spiro atoms. The number of hydrogen-bond acceptors (Lipinski definition) is 5. The van der Waals surface area contributed by atoms with E-state index < -0.39 is 0 Å². The molecule has 0 atom stereocenters. The van der Waals surface area contributed by atoms with Crippen LogP contribution in [0.3, 0.4) is 0 Å². The smallest absolute Gasteiger partial charge is 0.145 e. The summed E-state index contributed by atoms with van der Waals surface area (Å²) >= 11 is 0. The van der Waals surface area contributed by atoms with E-state index in [4.69, 9.17) is 5.26 Å². The maximum Gasteiger partial charge on any atom is 0.145 e. The summed E-state index contributed by atoms with van der Waals surface area (Å²) < 4.78 is 2.27. The molecular weight excluding hydrogens is 312 g/mol. The number of aryl methyl sites for hydroxylation is 1. The summed E-state index contributed by atoms with van der Waals surface area (Å²) in [6.07, 6.45) is 5.96. The molecule has 6 nitrogen and oxygen atoms in total. The largest absolute Gasteiger partial charge is 0.339 e. The molecule has 1 aliphatic heterocycles. The fourth-order valence-corrected chi connectivity index (χ4v) is 3.45. The van der Waals surface area contributed by atoms with Gasteiger partial charge in [-0.3, -0.25) is 0 Å². The molecule has 0 amide bonds. The van der Waals surface area contributed by atoms with Gasteiger partial charge in [-0.1, -0.05) is 0 Å². The zero-order valence-corrected chi connectivity index (χ0v) is 14.2. The van der Waals surface area contributed by atoms with Crippen LogP contribution in [0.1, 0.15) is 30.0 Å². The summed E-state index contributed by atoms with van der Waals surface area (Å²) in [7, 11) is 0. The standard InChI is InChI=1S/C19H20N6/c1-13-10-14(11-20)2-3-17(13)24-18-16-6-9-25(19(16)23-12-22-18)15-4-7-21-8-5-15/h2-3,6,9-10,12,15,21H,4-5,7-8H2,1H3,(H,22,23,24). The third kappa shape index (κ3) is 2.94. The zero-order chi connectivity index (χ0) is 17.2. The highest BCUT2D eigenvalue weighted by molar-refractivity contribution is 5.89. The Labute approximate surface area is 146 Å². The molecule has 1 aromatic carbocycles. The lowest BCUT2D eigenvalue weighted by Gasteiger charge is -2.24. The summed E-state index contributed by atoms with van der Waals surface area (Å²) in [4.78, 5) is 8.95. The molecule has 0 bridgehead atoms. The van der Waals surface area contributed by atoms with Gasteiger partial charge in [0.2, 0.25) is 0 Å². The predicted molar refractivity (Wildman–Crippen MR) is 97.8 cm³/mol. The van der Waals surface area contributed by atoms with E-state index in [2.05, 4.69) is 43.5 Å². The Balaban J connectivity index is 1.69. The van der Waals surface area contributed by atoms with Gasteiger partial charge in [0.25, 0.3) is 0 Å². The highest BCUT2D eigenvalue weighted by Crippen LogP contribution is 2.29. The molecular formula is C19H20N6. The van der Waals surface area contributed by atoms with Crippen LogP contribution < -0.4 is 10.6 Å². The molecule has 25 heavy (non-hydrogen) atoms. The number of aromatic nitrogens is 3. The molecule has 1 saturated heterocycles. The first-order valence-electron chi connectivity index (χ1n) is 8.56. The first kappa shape index (κ1) is 15.6. The van der Waals surface area contributed by atoms with Crippen molar-refractivity contribution < 1.29 is 0 Å². The SMILES string of the molecule is Cc1cc(C#N)ccc1Nc1ncnc2c1ccn2C1CCNCC1. The fourth-order valence-electron chi connectivity index (χ4n) is 3.45. The van der Waals surface area contributed by atoms with Crippen molar-refractivity contribution >= 4 is 22.5 Å². The van der Waals surface area contributed by atoms with Gasteiger partial charge in [-0.2, -0.15) is 5.26 Å². The summed E-state index contributed by atoms with van der Waals surface area (Å²) in [5, 5.41) is 16.8. The van der Waals surface area contributed by atoms with Gasteiger partial charge in [0.1, 0.15) is 17.8 Å². The molecule has 2 aromatic heterocycles. The van der Waals surface area contributed by atoms with Crippen LogP contribution in [-0.4, -0.2) is 27.6 Å². The number of nitriles is 1. The Morgan fingerprint density at radius 3 is 2.84 bits per heavy atom. The van der Waals surface area contributed by atoms with Crippen molar-refractivity contribution in [3.63, 3.8) is 0 Å². The minimum atomic E-state index is 0.484. The van der Waals surface area contributed by atoms with Crippen molar-refractivity contribution in [1.82, 2.24) is 19.9 Å². The molecule has 0 unspecified atom stereocenters. The highest BCUT2D eigenvalue weighted by Gasteiger charge is 2.18. The lowest BCUT2D eigenvalue weighted by atomic mass is 10.1. The third-order valence-corrected chi connectivity index (χ3v) is 4.82. The minimum Gasteiger partial charge on any atom is -0.339 e. The van der Waals surface area contributed by atoms with E-state index in [1.54, 1.807) is 6.33 Å². The van der Waals surface area contributed by atoms with Crippen LogP contribution in [0.4, 0.5) is 11.5 Å². The maximum absolute atomic E-state index is 9.01. The highest BCUT2D eigenvalue weighted by atomic mass is 15.1. The molecule has 3 aromatic rings. The second-order valence-electron chi connectivity index (χ2n) is 6.43. The number of nitrogens with zero attached hydrogens (tertiary/aromatic N) is 4. The number of piperidine rings is 1. The van der Waals surface area contributed by atoms with Crippen molar-refractivity contribution in [3.05, 3.63) is 47.9 Å². The molecule has 1 aliphatic rings. The second-order valence-corrected chi connectivity index (χ2v) is 6.43. The van der Waals surface area contributed by atoms with Gasteiger partial charge < -0.3 is 15.2 Å². The Kier molecular flexibility index (Phi) is 4.08. The molecule has 0 aliphatic carbocycles. The molecule has 126 valence electrons. The Morgan fingerprint density at radius 1 is 1.24 bits per heavy atom. The van der Waals surface area contributed by atoms with E-state index in [-0.39, 0.29) is 0 Å². The predicted octanol–water partition coefficient (Wildman–Crippen LogP) is 3.28. The number of hydrogen-bond donors (Lipinski definition) is 2. The lowest BCUT2D eigenvalue weighted by molar-refractivity contribution is 0.375. The average Bonchev–Trinajstić information content (AvgIpc) is 3.09. The average molecular weight is 332 g/mol. The van der Waals surface area contributed by atoms with E-state index >= 15 is 0 Å². The molecule has 4 rings (SSSR count). The van der Waals surface area contributed by atoms with Gasteiger partial charge >= 0.3 is 0 Å². The molecule has 6 heteroatoms. The molecule has 0 radical (unpaired) electrons. The lowest BCUT2D eigenvalue weighted by Crippen LogP contribution is -2.29. The quantitative estimate of drug-likeness (QED) is 0.769. The van der Waals surface area contributed by atoms with Crippen LogP contribution in [0.5, 0.6) is 0 Å². The van der Waals surface area contributed by atoms with E-state index in [0.717, 1.165) is 54.0 Å². The molecule has 2 N–H and O–H groups in total. The van der Waals surface area contributed by atoms with Gasteiger partial charge in [-0.25, -0.2) is 9.97 Å². The van der Waals surface area contributed by atoms with Crippen LogP contribution in [0.15, 0.2) is 36.8 Å². The van der Waals surface area contributed by atoms with E-state index in [0.29, 0.717) is 11.6 Å². The Hall–Kier alpha value is -2.91. The van der Waals surface area contributed by atoms with Gasteiger partial charge in [0.15, 0.2) is 0 Å². The summed E-state index contributed by atoms with van der Waals surface area (Å²) in [6, 6.07) is 10.3. The minimum absolute atomic E-state index is 0.484. The maximum atomic E-state index is 9.01. The van der Waals surface area contributed by atoms with Crippen molar-refractivity contribution in [2.75, 3.05) is 18.4 Å². The van der Waals surface area contributed by atoms with Gasteiger partial charge in [-0.15, -0.1) is 0 Å². The van der Waals surface area contributed by atoms with Gasteiger partial charge in [0.05, 0.1) is 17.0 Å². The van der Waals surface area contributed by atoms with Crippen molar-refractivity contribution in [3.8, 4) is 6.07 Å². The van der Waals surface area contributed by atoms with Crippen molar-refractivity contribution in [2.45, 2.75) is 25.8 Å².